The average Bonchev–Trinajstić information content (AvgIpc) is 2.49. The van der Waals surface area contributed by atoms with Crippen molar-refractivity contribution in [3.8, 4) is 12.1 Å². The van der Waals surface area contributed by atoms with Crippen LogP contribution in [-0.4, -0.2) is 35.4 Å². The van der Waals surface area contributed by atoms with E-state index in [2.05, 4.69) is 9.97 Å². The van der Waals surface area contributed by atoms with Crippen molar-refractivity contribution in [1.29, 1.82) is 10.5 Å². The van der Waals surface area contributed by atoms with Gasteiger partial charge in [-0.15, -0.1) is 0 Å². The van der Waals surface area contributed by atoms with Crippen molar-refractivity contribution in [2.45, 2.75) is 13.8 Å². The maximum atomic E-state index is 11.9. The highest BCUT2D eigenvalue weighted by Crippen LogP contribution is 2.21. The molecule has 0 atom stereocenters. The summed E-state index contributed by atoms with van der Waals surface area (Å²) in [6, 6.07) is 3.29. The molecule has 1 aromatic heterocycles. The van der Waals surface area contributed by atoms with Crippen LogP contribution in [0.1, 0.15) is 25.2 Å². The number of aromatic nitrogens is 2. The second-order valence-corrected chi connectivity index (χ2v) is 3.59. The SMILES string of the molecule is CCOC(=O)N(C(=O)OCC)c1nc(C#N)c(N)nc1C#N. The molecule has 10 nitrogen and oxygen atoms in total. The van der Waals surface area contributed by atoms with Gasteiger partial charge in [0.15, 0.2) is 23.0 Å². The monoisotopic (exact) mass is 304 g/mol. The van der Waals surface area contributed by atoms with Crippen molar-refractivity contribution in [3.63, 3.8) is 0 Å². The first kappa shape index (κ1) is 16.7. The number of anilines is 2. The number of nitrogen functional groups attached to an aromatic ring is 1. The molecule has 114 valence electrons. The van der Waals surface area contributed by atoms with Crippen LogP contribution >= 0.6 is 0 Å². The minimum absolute atomic E-state index is 0.0237. The fourth-order valence-electron chi connectivity index (χ4n) is 1.38. The van der Waals surface area contributed by atoms with Gasteiger partial charge >= 0.3 is 12.2 Å². The summed E-state index contributed by atoms with van der Waals surface area (Å²) in [5.41, 5.74) is 4.69. The van der Waals surface area contributed by atoms with E-state index in [0.717, 1.165) is 0 Å². The molecular weight excluding hydrogens is 292 g/mol. The topological polar surface area (TPSA) is 155 Å². The largest absolute Gasteiger partial charge is 0.449 e. The van der Waals surface area contributed by atoms with E-state index >= 15 is 0 Å². The molecule has 0 aliphatic carbocycles. The number of nitriles is 2. The number of hydrogen-bond acceptors (Lipinski definition) is 9. The van der Waals surface area contributed by atoms with E-state index in [1.807, 2.05) is 0 Å². The normalized spacial score (nSPS) is 9.27. The average molecular weight is 304 g/mol. The summed E-state index contributed by atoms with van der Waals surface area (Å²) in [7, 11) is 0. The van der Waals surface area contributed by atoms with Crippen LogP contribution in [0.3, 0.4) is 0 Å². The predicted molar refractivity (Wildman–Crippen MR) is 72.4 cm³/mol. The van der Waals surface area contributed by atoms with Crippen molar-refractivity contribution in [2.75, 3.05) is 23.8 Å². The van der Waals surface area contributed by atoms with E-state index in [-0.39, 0.29) is 24.7 Å². The molecule has 10 heteroatoms. The lowest BCUT2D eigenvalue weighted by atomic mass is 10.3. The Balaban J connectivity index is 3.48. The second-order valence-electron chi connectivity index (χ2n) is 3.59. The van der Waals surface area contributed by atoms with Crippen LogP contribution in [0.15, 0.2) is 0 Å². The first-order chi connectivity index (χ1) is 10.5. The molecule has 0 spiro atoms. The first-order valence-corrected chi connectivity index (χ1v) is 6.11. The summed E-state index contributed by atoms with van der Waals surface area (Å²) in [6.45, 7) is 3.01. The highest BCUT2D eigenvalue weighted by molar-refractivity contribution is 6.09. The summed E-state index contributed by atoms with van der Waals surface area (Å²) >= 11 is 0. The van der Waals surface area contributed by atoms with Crippen molar-refractivity contribution in [1.82, 2.24) is 9.97 Å². The highest BCUT2D eigenvalue weighted by Gasteiger charge is 2.31. The summed E-state index contributed by atoms with van der Waals surface area (Å²) in [6.07, 6.45) is -2.22. The summed E-state index contributed by atoms with van der Waals surface area (Å²) in [4.78, 5) is 31.6. The Labute approximate surface area is 125 Å². The third kappa shape index (κ3) is 3.37. The third-order valence-corrected chi connectivity index (χ3v) is 2.23. The first-order valence-electron chi connectivity index (χ1n) is 6.11. The Morgan fingerprint density at radius 1 is 1.09 bits per heavy atom. The Hall–Kier alpha value is -3.40. The van der Waals surface area contributed by atoms with Gasteiger partial charge in [-0.2, -0.15) is 15.4 Å². The second kappa shape index (κ2) is 7.40. The lowest BCUT2D eigenvalue weighted by molar-refractivity contribution is 0.140. The molecule has 0 radical (unpaired) electrons. The molecule has 0 aromatic carbocycles. The van der Waals surface area contributed by atoms with Crippen molar-refractivity contribution < 1.29 is 19.1 Å². The van der Waals surface area contributed by atoms with Crippen LogP contribution in [0.4, 0.5) is 21.2 Å². The third-order valence-electron chi connectivity index (χ3n) is 2.23. The van der Waals surface area contributed by atoms with E-state index in [0.29, 0.717) is 4.90 Å². The summed E-state index contributed by atoms with van der Waals surface area (Å²) < 4.78 is 9.45. The minimum atomic E-state index is -1.11. The van der Waals surface area contributed by atoms with Gasteiger partial charge in [0.05, 0.1) is 13.2 Å². The van der Waals surface area contributed by atoms with Gasteiger partial charge in [0.1, 0.15) is 12.1 Å². The predicted octanol–water partition coefficient (Wildman–Crippen LogP) is 0.922. The smallest absolute Gasteiger partial charge is 0.425 e. The molecular formula is C12H12N6O4. The maximum Gasteiger partial charge on any atom is 0.425 e. The van der Waals surface area contributed by atoms with Gasteiger partial charge in [-0.3, -0.25) is 0 Å². The molecule has 2 amide bonds. The molecule has 0 aliphatic heterocycles. The number of ether oxygens (including phenoxy) is 2. The lowest BCUT2D eigenvalue weighted by Gasteiger charge is -2.19. The number of nitrogens with two attached hydrogens (primary N) is 1. The van der Waals surface area contributed by atoms with E-state index < -0.39 is 23.7 Å². The van der Waals surface area contributed by atoms with Crippen LogP contribution in [0.5, 0.6) is 0 Å². The van der Waals surface area contributed by atoms with Crippen LogP contribution in [0.2, 0.25) is 0 Å². The van der Waals surface area contributed by atoms with E-state index in [1.54, 1.807) is 12.1 Å². The Morgan fingerprint density at radius 2 is 1.59 bits per heavy atom. The molecule has 0 bridgehead atoms. The van der Waals surface area contributed by atoms with Gasteiger partial charge in [-0.25, -0.2) is 19.6 Å². The van der Waals surface area contributed by atoms with E-state index in [4.69, 9.17) is 25.7 Å². The zero-order chi connectivity index (χ0) is 16.7. The molecule has 1 aromatic rings. The number of hydrogen-bond donors (Lipinski definition) is 1. The molecule has 0 fully saturated rings. The van der Waals surface area contributed by atoms with E-state index in [1.165, 1.54) is 13.8 Å². The molecule has 0 saturated carbocycles. The Kier molecular flexibility index (Phi) is 5.60. The van der Waals surface area contributed by atoms with Crippen molar-refractivity contribution in [3.05, 3.63) is 11.4 Å². The molecule has 1 rings (SSSR count). The van der Waals surface area contributed by atoms with Gasteiger partial charge in [0.25, 0.3) is 0 Å². The number of carbonyl (C=O) groups excluding carboxylic acids is 2. The highest BCUT2D eigenvalue weighted by atomic mass is 16.6. The van der Waals surface area contributed by atoms with Crippen LogP contribution in [0, 0.1) is 22.7 Å². The molecule has 0 unspecified atom stereocenters. The Bertz CT molecular complexity index is 657. The summed E-state index contributed by atoms with van der Waals surface area (Å²) in [5.74, 6) is -0.777. The van der Waals surface area contributed by atoms with Crippen LogP contribution < -0.4 is 10.6 Å². The van der Waals surface area contributed by atoms with E-state index in [9.17, 15) is 9.59 Å². The lowest BCUT2D eigenvalue weighted by Crippen LogP contribution is -2.39. The summed E-state index contributed by atoms with van der Waals surface area (Å²) in [5, 5.41) is 18.0. The molecule has 2 N–H and O–H groups in total. The number of rotatable bonds is 3. The van der Waals surface area contributed by atoms with Crippen molar-refractivity contribution in [2.24, 2.45) is 0 Å². The fraction of sp³-hybridized carbons (Fsp3) is 0.333. The molecule has 0 saturated heterocycles. The zero-order valence-corrected chi connectivity index (χ0v) is 11.9. The molecule has 0 aliphatic rings. The van der Waals surface area contributed by atoms with Gasteiger partial charge in [0.2, 0.25) is 0 Å². The van der Waals surface area contributed by atoms with Crippen LogP contribution in [-0.2, 0) is 9.47 Å². The van der Waals surface area contributed by atoms with Crippen molar-refractivity contribution >= 4 is 23.8 Å². The van der Waals surface area contributed by atoms with Crippen LogP contribution in [0.25, 0.3) is 0 Å². The van der Waals surface area contributed by atoms with Gasteiger partial charge in [-0.1, -0.05) is 0 Å². The zero-order valence-electron chi connectivity index (χ0n) is 11.9. The number of amides is 2. The number of nitrogens with zero attached hydrogens (tertiary/aromatic N) is 5. The minimum Gasteiger partial charge on any atom is -0.449 e. The van der Waals surface area contributed by atoms with Gasteiger partial charge in [-0.05, 0) is 13.8 Å². The van der Waals surface area contributed by atoms with Gasteiger partial charge < -0.3 is 15.2 Å². The Morgan fingerprint density at radius 3 is 2.00 bits per heavy atom. The number of imide groups is 1. The number of carbonyl (C=O) groups is 2. The quantitative estimate of drug-likeness (QED) is 0.857. The maximum absolute atomic E-state index is 11.9. The fourth-order valence-corrected chi connectivity index (χ4v) is 1.38. The van der Waals surface area contributed by atoms with Gasteiger partial charge in [0, 0.05) is 0 Å². The molecule has 1 heterocycles. The standard InChI is InChI=1S/C12H12N6O4/c1-3-21-11(19)18(12(20)22-4-2)10-8(6-14)16-9(15)7(5-13)17-10/h3-4H2,1-2H3,(H2,15,16). The molecule has 22 heavy (non-hydrogen) atoms.